The van der Waals surface area contributed by atoms with Gasteiger partial charge in [0.2, 0.25) is 5.91 Å². The summed E-state index contributed by atoms with van der Waals surface area (Å²) in [5.41, 5.74) is 0. The van der Waals surface area contributed by atoms with Crippen LogP contribution in [-0.2, 0) is 9.53 Å². The molecule has 28 heavy (non-hydrogen) atoms. The van der Waals surface area contributed by atoms with E-state index >= 15 is 0 Å². The van der Waals surface area contributed by atoms with Crippen LogP contribution in [0, 0.1) is 0 Å². The number of thioether (sulfide) groups is 1. The van der Waals surface area contributed by atoms with Crippen molar-refractivity contribution in [2.24, 2.45) is 4.99 Å². The van der Waals surface area contributed by atoms with E-state index in [1.165, 1.54) is 32.1 Å². The fourth-order valence-corrected chi connectivity index (χ4v) is 5.80. The number of morpholine rings is 1. The summed E-state index contributed by atoms with van der Waals surface area (Å²) in [4.78, 5) is 23.3. The number of aliphatic imine (C=N–C) groups is 1. The van der Waals surface area contributed by atoms with Gasteiger partial charge in [0.15, 0.2) is 5.96 Å². The lowest BCUT2D eigenvalue weighted by Gasteiger charge is -2.45. The van der Waals surface area contributed by atoms with E-state index in [1.54, 1.807) is 19.0 Å². The fraction of sp³-hybridized carbons (Fsp3) is 0.900. The minimum Gasteiger partial charge on any atom is -0.379 e. The first-order valence-corrected chi connectivity index (χ1v) is 11.7. The van der Waals surface area contributed by atoms with Crippen LogP contribution < -0.4 is 5.32 Å². The Hall–Kier alpha value is -0.990. The van der Waals surface area contributed by atoms with E-state index in [0.29, 0.717) is 4.75 Å². The molecule has 0 radical (unpaired) electrons. The lowest BCUT2D eigenvalue weighted by Crippen LogP contribution is -2.54. The molecule has 7 nitrogen and oxygen atoms in total. The molecule has 2 aliphatic heterocycles. The summed E-state index contributed by atoms with van der Waals surface area (Å²) >= 11 is 2.16. The van der Waals surface area contributed by atoms with Gasteiger partial charge in [0.25, 0.3) is 0 Å². The van der Waals surface area contributed by atoms with Crippen molar-refractivity contribution in [1.82, 2.24) is 20.0 Å². The Kier molecular flexibility index (Phi) is 8.29. The largest absolute Gasteiger partial charge is 0.379 e. The van der Waals surface area contributed by atoms with Crippen LogP contribution in [0.5, 0.6) is 0 Å². The van der Waals surface area contributed by atoms with Crippen molar-refractivity contribution in [1.29, 1.82) is 0 Å². The summed E-state index contributed by atoms with van der Waals surface area (Å²) in [6.45, 7) is 7.75. The summed E-state index contributed by atoms with van der Waals surface area (Å²) < 4.78 is 5.82. The van der Waals surface area contributed by atoms with Gasteiger partial charge in [0.05, 0.1) is 13.2 Å². The standard InChI is InChI=1S/C20H37N5O2S/c1-23(2)18(26)16-22-19(21-8-9-24-10-13-27-14-11-24)25-12-15-28-20(17-25)6-4-3-5-7-20/h3-17H2,1-2H3,(H,21,22). The molecule has 1 amide bonds. The minimum atomic E-state index is 0.0474. The molecular weight excluding hydrogens is 374 g/mol. The number of ether oxygens (including phenoxy) is 1. The average Bonchev–Trinajstić information content (AvgIpc) is 2.71. The summed E-state index contributed by atoms with van der Waals surface area (Å²) in [6, 6.07) is 0. The molecule has 0 atom stereocenters. The monoisotopic (exact) mass is 411 g/mol. The fourth-order valence-electron chi connectivity index (χ4n) is 4.23. The number of nitrogens with one attached hydrogen (secondary N) is 1. The summed E-state index contributed by atoms with van der Waals surface area (Å²) in [5, 5.41) is 3.57. The molecule has 2 heterocycles. The molecule has 1 N–H and O–H groups in total. The highest BCUT2D eigenvalue weighted by atomic mass is 32.2. The summed E-state index contributed by atoms with van der Waals surface area (Å²) in [7, 11) is 3.58. The molecule has 0 bridgehead atoms. The zero-order valence-electron chi connectivity index (χ0n) is 17.6. The van der Waals surface area contributed by atoms with Crippen molar-refractivity contribution in [2.75, 3.05) is 78.9 Å². The van der Waals surface area contributed by atoms with Crippen LogP contribution in [0.1, 0.15) is 32.1 Å². The van der Waals surface area contributed by atoms with Gasteiger partial charge in [-0.05, 0) is 12.8 Å². The Morgan fingerprint density at radius 3 is 2.64 bits per heavy atom. The number of rotatable bonds is 5. The van der Waals surface area contributed by atoms with Crippen molar-refractivity contribution < 1.29 is 9.53 Å². The van der Waals surface area contributed by atoms with Crippen molar-refractivity contribution in [2.45, 2.75) is 36.9 Å². The van der Waals surface area contributed by atoms with Crippen LogP contribution in [0.25, 0.3) is 0 Å². The van der Waals surface area contributed by atoms with E-state index in [9.17, 15) is 4.79 Å². The Balaban J connectivity index is 1.60. The second-order valence-corrected chi connectivity index (χ2v) is 9.89. The van der Waals surface area contributed by atoms with E-state index in [0.717, 1.165) is 64.2 Å². The van der Waals surface area contributed by atoms with Gasteiger partial charge < -0.3 is 19.9 Å². The molecule has 0 aromatic rings. The number of nitrogens with zero attached hydrogens (tertiary/aromatic N) is 4. The van der Waals surface area contributed by atoms with Crippen molar-refractivity contribution >= 4 is 23.6 Å². The highest BCUT2D eigenvalue weighted by Crippen LogP contribution is 2.42. The molecule has 1 spiro atoms. The lowest BCUT2D eigenvalue weighted by atomic mass is 9.87. The number of carbonyl (C=O) groups is 1. The van der Waals surface area contributed by atoms with Crippen LogP contribution in [-0.4, -0.2) is 110 Å². The van der Waals surface area contributed by atoms with E-state index in [-0.39, 0.29) is 12.5 Å². The first kappa shape index (κ1) is 21.7. The summed E-state index contributed by atoms with van der Waals surface area (Å²) in [6.07, 6.45) is 6.68. The number of guanidine groups is 1. The molecule has 3 fully saturated rings. The third kappa shape index (κ3) is 6.26. The Bertz CT molecular complexity index is 525. The lowest BCUT2D eigenvalue weighted by molar-refractivity contribution is -0.127. The topological polar surface area (TPSA) is 60.4 Å². The smallest absolute Gasteiger partial charge is 0.243 e. The molecular formula is C20H37N5O2S. The van der Waals surface area contributed by atoms with Crippen LogP contribution >= 0.6 is 11.8 Å². The molecule has 0 aromatic carbocycles. The second-order valence-electron chi connectivity index (χ2n) is 8.32. The second kappa shape index (κ2) is 10.7. The number of carbonyl (C=O) groups excluding carboxylic acids is 1. The van der Waals surface area contributed by atoms with Crippen molar-refractivity contribution in [3.05, 3.63) is 0 Å². The van der Waals surface area contributed by atoms with Crippen LogP contribution in [0.4, 0.5) is 0 Å². The predicted octanol–water partition coefficient (Wildman–Crippen LogP) is 1.10. The molecule has 2 saturated heterocycles. The Morgan fingerprint density at radius 2 is 1.93 bits per heavy atom. The molecule has 3 aliphatic rings. The minimum absolute atomic E-state index is 0.0474. The Morgan fingerprint density at radius 1 is 1.18 bits per heavy atom. The molecule has 0 unspecified atom stereocenters. The zero-order valence-corrected chi connectivity index (χ0v) is 18.4. The van der Waals surface area contributed by atoms with E-state index in [4.69, 9.17) is 9.73 Å². The van der Waals surface area contributed by atoms with E-state index in [2.05, 4.69) is 26.9 Å². The van der Waals surface area contributed by atoms with Crippen LogP contribution in [0.2, 0.25) is 0 Å². The number of amides is 1. The highest BCUT2D eigenvalue weighted by molar-refractivity contribution is 8.00. The molecule has 0 aromatic heterocycles. The van der Waals surface area contributed by atoms with Gasteiger partial charge in [-0.1, -0.05) is 19.3 Å². The number of hydrogen-bond acceptors (Lipinski definition) is 5. The van der Waals surface area contributed by atoms with Gasteiger partial charge in [-0.15, -0.1) is 0 Å². The molecule has 1 saturated carbocycles. The quantitative estimate of drug-likeness (QED) is 0.540. The third-order valence-corrected chi connectivity index (χ3v) is 7.53. The summed E-state index contributed by atoms with van der Waals surface area (Å²) in [5.74, 6) is 2.10. The maximum atomic E-state index is 12.1. The normalized spacial score (nSPS) is 23.6. The average molecular weight is 412 g/mol. The van der Waals surface area contributed by atoms with Gasteiger partial charge in [0.1, 0.15) is 6.54 Å². The molecule has 160 valence electrons. The van der Waals surface area contributed by atoms with E-state index in [1.807, 2.05) is 0 Å². The van der Waals surface area contributed by atoms with Crippen LogP contribution in [0.15, 0.2) is 4.99 Å². The zero-order chi connectivity index (χ0) is 19.8. The predicted molar refractivity (Wildman–Crippen MR) is 116 cm³/mol. The highest BCUT2D eigenvalue weighted by Gasteiger charge is 2.38. The van der Waals surface area contributed by atoms with Crippen molar-refractivity contribution in [3.8, 4) is 0 Å². The van der Waals surface area contributed by atoms with Crippen LogP contribution in [0.3, 0.4) is 0 Å². The maximum Gasteiger partial charge on any atom is 0.243 e. The van der Waals surface area contributed by atoms with E-state index < -0.39 is 0 Å². The molecule has 1 aliphatic carbocycles. The van der Waals surface area contributed by atoms with Gasteiger partial charge in [-0.25, -0.2) is 4.99 Å². The number of hydrogen-bond donors (Lipinski definition) is 1. The van der Waals surface area contributed by atoms with Gasteiger partial charge >= 0.3 is 0 Å². The first-order chi connectivity index (χ1) is 13.6. The van der Waals surface area contributed by atoms with Gasteiger partial charge in [-0.2, -0.15) is 11.8 Å². The maximum absolute atomic E-state index is 12.1. The van der Waals surface area contributed by atoms with Gasteiger partial charge in [0, 0.05) is 63.9 Å². The Labute approximate surface area is 174 Å². The molecule has 8 heteroatoms. The SMILES string of the molecule is CN(C)C(=O)CN=C(NCCN1CCOCC1)N1CCSC2(CCCCC2)C1. The van der Waals surface area contributed by atoms with Crippen molar-refractivity contribution in [3.63, 3.8) is 0 Å². The third-order valence-electron chi connectivity index (χ3n) is 5.99. The first-order valence-electron chi connectivity index (χ1n) is 10.8. The molecule has 3 rings (SSSR count). The number of likely N-dealkylation sites (N-methyl/N-ethyl adjacent to an activating group) is 1. The van der Waals surface area contributed by atoms with Gasteiger partial charge in [-0.3, -0.25) is 9.69 Å².